The van der Waals surface area contributed by atoms with Gasteiger partial charge in [-0.05, 0) is 65.8 Å². The van der Waals surface area contributed by atoms with Gasteiger partial charge in [0, 0.05) is 16.2 Å². The summed E-state index contributed by atoms with van der Waals surface area (Å²) < 4.78 is 15.2. The number of aryl methyl sites for hydroxylation is 2. The molecule has 0 aromatic heterocycles. The van der Waals surface area contributed by atoms with Gasteiger partial charge in [0.1, 0.15) is 5.82 Å². The number of nitrogens with one attached hydrogen (secondary N) is 1. The van der Waals surface area contributed by atoms with Crippen molar-refractivity contribution < 1.29 is 4.39 Å². The molecule has 0 amide bonds. The molecule has 0 saturated heterocycles. The molecule has 2 rings (SSSR count). The molecular weight excluding hydrogens is 422 g/mol. The van der Waals surface area contributed by atoms with Gasteiger partial charge in [0.25, 0.3) is 0 Å². The number of nitrogen functional groups attached to an aromatic ring is 1. The van der Waals surface area contributed by atoms with Crippen molar-refractivity contribution in [2.75, 3.05) is 11.1 Å². The van der Waals surface area contributed by atoms with E-state index in [1.54, 1.807) is 6.07 Å². The summed E-state index contributed by atoms with van der Waals surface area (Å²) in [6.45, 7) is 4.00. The molecule has 2 aromatic rings. The molecule has 0 heterocycles. The largest absolute Gasteiger partial charge is 0.397 e. The van der Waals surface area contributed by atoms with E-state index in [1.165, 1.54) is 6.07 Å². The highest BCUT2D eigenvalue weighted by molar-refractivity contribution is 14.1. The van der Waals surface area contributed by atoms with Gasteiger partial charge in [0.2, 0.25) is 0 Å². The predicted molar refractivity (Wildman–Crippen MR) is 90.4 cm³/mol. The normalized spacial score (nSPS) is 10.6. The third-order valence-corrected chi connectivity index (χ3v) is 4.13. The van der Waals surface area contributed by atoms with Crippen LogP contribution in [0.3, 0.4) is 0 Å². The molecule has 0 bridgehead atoms. The van der Waals surface area contributed by atoms with Gasteiger partial charge in [-0.3, -0.25) is 0 Å². The summed E-state index contributed by atoms with van der Waals surface area (Å²) in [6.07, 6.45) is 0. The van der Waals surface area contributed by atoms with Crippen molar-refractivity contribution in [1.82, 2.24) is 0 Å². The van der Waals surface area contributed by atoms with Crippen LogP contribution in [-0.4, -0.2) is 0 Å². The SMILES string of the molecule is Cc1cc(Br)cc(C)c1Nc1cc(F)c(I)cc1N. The summed E-state index contributed by atoms with van der Waals surface area (Å²) >= 11 is 5.38. The summed E-state index contributed by atoms with van der Waals surface area (Å²) in [4.78, 5) is 0. The Kier molecular flexibility index (Phi) is 4.35. The number of anilines is 3. The second-order valence-electron chi connectivity index (χ2n) is 4.39. The molecular formula is C14H13BrFIN2. The summed E-state index contributed by atoms with van der Waals surface area (Å²) in [5.74, 6) is -0.273. The molecule has 0 unspecified atom stereocenters. The van der Waals surface area contributed by atoms with E-state index in [1.807, 2.05) is 48.6 Å². The lowest BCUT2D eigenvalue weighted by Gasteiger charge is -2.15. The number of benzene rings is 2. The molecule has 0 atom stereocenters. The number of hydrogen-bond donors (Lipinski definition) is 2. The van der Waals surface area contributed by atoms with E-state index in [0.29, 0.717) is 14.9 Å². The van der Waals surface area contributed by atoms with Crippen LogP contribution in [0.2, 0.25) is 0 Å². The Morgan fingerprint density at radius 3 is 2.32 bits per heavy atom. The van der Waals surface area contributed by atoms with Crippen molar-refractivity contribution in [2.45, 2.75) is 13.8 Å². The van der Waals surface area contributed by atoms with E-state index in [0.717, 1.165) is 21.3 Å². The number of halogens is 3. The molecule has 0 saturated carbocycles. The molecule has 0 radical (unpaired) electrons. The maximum absolute atomic E-state index is 13.6. The monoisotopic (exact) mass is 434 g/mol. The molecule has 0 spiro atoms. The quantitative estimate of drug-likeness (QED) is 0.507. The molecule has 2 nitrogen and oxygen atoms in total. The highest BCUT2D eigenvalue weighted by Gasteiger charge is 2.09. The van der Waals surface area contributed by atoms with Gasteiger partial charge < -0.3 is 11.1 Å². The maximum atomic E-state index is 13.6. The van der Waals surface area contributed by atoms with Crippen LogP contribution in [0.5, 0.6) is 0 Å². The van der Waals surface area contributed by atoms with Crippen LogP contribution in [-0.2, 0) is 0 Å². The van der Waals surface area contributed by atoms with Gasteiger partial charge >= 0.3 is 0 Å². The standard InChI is InChI=1S/C14H13BrFIN2/c1-7-3-9(15)4-8(2)14(7)19-13-5-10(16)11(17)6-12(13)18/h3-6,19H,18H2,1-2H3. The first-order chi connectivity index (χ1) is 8.88. The van der Waals surface area contributed by atoms with E-state index in [4.69, 9.17) is 5.73 Å². The minimum atomic E-state index is -0.273. The zero-order valence-electron chi connectivity index (χ0n) is 10.5. The predicted octanol–water partition coefficient (Wildman–Crippen LogP) is 5.14. The second kappa shape index (κ2) is 5.66. The number of nitrogens with two attached hydrogens (primary N) is 1. The Labute approximate surface area is 133 Å². The fourth-order valence-corrected chi connectivity index (χ4v) is 3.09. The van der Waals surface area contributed by atoms with Gasteiger partial charge in [0.15, 0.2) is 0 Å². The molecule has 2 aromatic carbocycles. The van der Waals surface area contributed by atoms with Gasteiger partial charge in [-0.2, -0.15) is 0 Å². The first-order valence-electron chi connectivity index (χ1n) is 5.67. The summed E-state index contributed by atoms with van der Waals surface area (Å²) in [5, 5.41) is 3.21. The minimum Gasteiger partial charge on any atom is -0.397 e. The topological polar surface area (TPSA) is 38.0 Å². The van der Waals surface area contributed by atoms with E-state index in [-0.39, 0.29) is 5.82 Å². The van der Waals surface area contributed by atoms with E-state index in [2.05, 4.69) is 21.2 Å². The highest BCUT2D eigenvalue weighted by atomic mass is 127. The zero-order chi connectivity index (χ0) is 14.2. The highest BCUT2D eigenvalue weighted by Crippen LogP contribution is 2.32. The minimum absolute atomic E-state index is 0.273. The summed E-state index contributed by atoms with van der Waals surface area (Å²) in [6, 6.07) is 7.07. The van der Waals surface area contributed by atoms with Gasteiger partial charge in [0.05, 0.1) is 14.9 Å². The Bertz CT molecular complexity index is 621. The third-order valence-electron chi connectivity index (χ3n) is 2.85. The molecule has 3 N–H and O–H groups in total. The van der Waals surface area contributed by atoms with Crippen molar-refractivity contribution in [1.29, 1.82) is 0 Å². The van der Waals surface area contributed by atoms with E-state index in [9.17, 15) is 4.39 Å². The summed E-state index contributed by atoms with van der Waals surface area (Å²) in [5.41, 5.74) is 10.2. The number of rotatable bonds is 2. The lowest BCUT2D eigenvalue weighted by molar-refractivity contribution is 0.621. The lowest BCUT2D eigenvalue weighted by Crippen LogP contribution is -2.01. The molecule has 0 aliphatic rings. The molecule has 19 heavy (non-hydrogen) atoms. The van der Waals surface area contributed by atoms with E-state index < -0.39 is 0 Å². The zero-order valence-corrected chi connectivity index (χ0v) is 14.3. The second-order valence-corrected chi connectivity index (χ2v) is 6.47. The Hall–Kier alpha value is -0.820. The van der Waals surface area contributed by atoms with Crippen LogP contribution in [0.15, 0.2) is 28.7 Å². The fourth-order valence-electron chi connectivity index (χ4n) is 1.91. The number of hydrogen-bond acceptors (Lipinski definition) is 2. The van der Waals surface area contributed by atoms with E-state index >= 15 is 0 Å². The summed E-state index contributed by atoms with van der Waals surface area (Å²) in [7, 11) is 0. The van der Waals surface area contributed by atoms with Crippen LogP contribution in [0.25, 0.3) is 0 Å². The van der Waals surface area contributed by atoms with Crippen molar-refractivity contribution in [2.24, 2.45) is 0 Å². The fraction of sp³-hybridized carbons (Fsp3) is 0.143. The van der Waals surface area contributed by atoms with Crippen molar-refractivity contribution in [3.05, 3.63) is 49.3 Å². The van der Waals surface area contributed by atoms with Crippen molar-refractivity contribution >= 4 is 55.6 Å². The van der Waals surface area contributed by atoms with Gasteiger partial charge in [-0.1, -0.05) is 15.9 Å². The van der Waals surface area contributed by atoms with Gasteiger partial charge in [-0.25, -0.2) is 4.39 Å². The van der Waals surface area contributed by atoms with Crippen molar-refractivity contribution in [3.63, 3.8) is 0 Å². The first-order valence-corrected chi connectivity index (χ1v) is 7.54. The molecule has 0 aliphatic carbocycles. The molecule has 0 fully saturated rings. The van der Waals surface area contributed by atoms with Gasteiger partial charge in [-0.15, -0.1) is 0 Å². The molecule has 100 valence electrons. The Morgan fingerprint density at radius 2 is 1.74 bits per heavy atom. The Balaban J connectivity index is 2.45. The average molecular weight is 435 g/mol. The van der Waals surface area contributed by atoms with Crippen LogP contribution < -0.4 is 11.1 Å². The lowest BCUT2D eigenvalue weighted by atomic mass is 10.1. The smallest absolute Gasteiger partial charge is 0.138 e. The molecule has 0 aliphatic heterocycles. The average Bonchev–Trinajstić information content (AvgIpc) is 2.29. The third kappa shape index (κ3) is 3.20. The van der Waals surface area contributed by atoms with Crippen LogP contribution in [0.1, 0.15) is 11.1 Å². The molecule has 5 heteroatoms. The first kappa shape index (κ1) is 14.6. The van der Waals surface area contributed by atoms with Crippen molar-refractivity contribution in [3.8, 4) is 0 Å². The maximum Gasteiger partial charge on any atom is 0.138 e. The van der Waals surface area contributed by atoms with Crippen LogP contribution in [0, 0.1) is 23.2 Å². The van der Waals surface area contributed by atoms with Crippen LogP contribution >= 0.6 is 38.5 Å². The Morgan fingerprint density at radius 1 is 1.16 bits per heavy atom. The van der Waals surface area contributed by atoms with Crippen LogP contribution in [0.4, 0.5) is 21.5 Å².